The monoisotopic (exact) mass is 221 g/mol. The summed E-state index contributed by atoms with van der Waals surface area (Å²) in [5.41, 5.74) is 2.00. The summed E-state index contributed by atoms with van der Waals surface area (Å²) < 4.78 is 0. The summed E-state index contributed by atoms with van der Waals surface area (Å²) in [5.74, 6) is 0.270. The molecule has 1 aromatic rings. The molecule has 1 unspecified atom stereocenters. The SMILES string of the molecule is CC(CO)c1cc(N2CCCC2)ccc1O. The Labute approximate surface area is 96.3 Å². The van der Waals surface area contributed by atoms with Crippen LogP contribution in [0.1, 0.15) is 31.2 Å². The van der Waals surface area contributed by atoms with Crippen molar-refractivity contribution < 1.29 is 10.2 Å². The number of rotatable bonds is 3. The number of phenols is 1. The van der Waals surface area contributed by atoms with Crippen LogP contribution in [-0.4, -0.2) is 29.9 Å². The van der Waals surface area contributed by atoms with Crippen LogP contribution in [0.15, 0.2) is 18.2 Å². The maximum atomic E-state index is 9.75. The molecule has 0 aliphatic carbocycles. The first kappa shape index (κ1) is 11.3. The molecule has 2 rings (SSSR count). The summed E-state index contributed by atoms with van der Waals surface area (Å²) >= 11 is 0. The molecule has 2 N–H and O–H groups in total. The second kappa shape index (κ2) is 4.74. The average molecular weight is 221 g/mol. The molecule has 1 heterocycles. The number of aliphatic hydroxyl groups is 1. The lowest BCUT2D eigenvalue weighted by molar-refractivity contribution is 0.270. The molecule has 1 aromatic carbocycles. The molecule has 88 valence electrons. The van der Waals surface area contributed by atoms with Gasteiger partial charge in [0.25, 0.3) is 0 Å². The molecule has 0 bridgehead atoms. The van der Waals surface area contributed by atoms with Crippen molar-refractivity contribution in [3.8, 4) is 5.75 Å². The fraction of sp³-hybridized carbons (Fsp3) is 0.538. The minimum Gasteiger partial charge on any atom is -0.508 e. The minimum absolute atomic E-state index is 0.0115. The van der Waals surface area contributed by atoms with Gasteiger partial charge in [-0.15, -0.1) is 0 Å². The maximum Gasteiger partial charge on any atom is 0.119 e. The topological polar surface area (TPSA) is 43.7 Å². The first-order valence-electron chi connectivity index (χ1n) is 5.91. The van der Waals surface area contributed by atoms with Crippen LogP contribution < -0.4 is 4.90 Å². The fourth-order valence-corrected chi connectivity index (χ4v) is 2.21. The lowest BCUT2D eigenvalue weighted by atomic mass is 10.00. The van der Waals surface area contributed by atoms with Gasteiger partial charge < -0.3 is 15.1 Å². The Morgan fingerprint density at radius 1 is 1.31 bits per heavy atom. The van der Waals surface area contributed by atoms with Crippen LogP contribution in [0.3, 0.4) is 0 Å². The molecule has 0 amide bonds. The predicted molar refractivity (Wildman–Crippen MR) is 65.1 cm³/mol. The van der Waals surface area contributed by atoms with Crippen LogP contribution in [0, 0.1) is 0 Å². The highest BCUT2D eigenvalue weighted by Gasteiger charge is 2.16. The van der Waals surface area contributed by atoms with E-state index in [9.17, 15) is 5.11 Å². The zero-order chi connectivity index (χ0) is 11.5. The van der Waals surface area contributed by atoms with E-state index in [1.54, 1.807) is 6.07 Å². The van der Waals surface area contributed by atoms with E-state index in [0.29, 0.717) is 0 Å². The molecule has 0 spiro atoms. The van der Waals surface area contributed by atoms with Crippen molar-refractivity contribution in [1.29, 1.82) is 0 Å². The van der Waals surface area contributed by atoms with Gasteiger partial charge in [0.1, 0.15) is 5.75 Å². The third-order valence-electron chi connectivity index (χ3n) is 3.29. The van der Waals surface area contributed by atoms with Gasteiger partial charge in [-0.2, -0.15) is 0 Å². The quantitative estimate of drug-likeness (QED) is 0.821. The molecule has 1 aliphatic heterocycles. The Morgan fingerprint density at radius 2 is 2.00 bits per heavy atom. The molecular weight excluding hydrogens is 202 g/mol. The van der Waals surface area contributed by atoms with Crippen LogP contribution in [0.5, 0.6) is 5.75 Å². The largest absolute Gasteiger partial charge is 0.508 e. The zero-order valence-corrected chi connectivity index (χ0v) is 9.69. The first-order valence-corrected chi connectivity index (χ1v) is 5.91. The molecule has 0 radical (unpaired) electrons. The summed E-state index contributed by atoms with van der Waals surface area (Å²) in [6.45, 7) is 4.18. The van der Waals surface area contributed by atoms with Gasteiger partial charge in [-0.05, 0) is 31.0 Å². The number of nitrogens with zero attached hydrogens (tertiary/aromatic N) is 1. The number of anilines is 1. The van der Waals surface area contributed by atoms with Crippen molar-refractivity contribution >= 4 is 5.69 Å². The van der Waals surface area contributed by atoms with Crippen molar-refractivity contribution in [2.45, 2.75) is 25.7 Å². The number of benzene rings is 1. The first-order chi connectivity index (χ1) is 7.72. The van der Waals surface area contributed by atoms with Gasteiger partial charge >= 0.3 is 0 Å². The van der Waals surface area contributed by atoms with Crippen LogP contribution in [-0.2, 0) is 0 Å². The van der Waals surface area contributed by atoms with E-state index in [2.05, 4.69) is 4.90 Å². The second-order valence-electron chi connectivity index (χ2n) is 4.52. The number of hydrogen-bond donors (Lipinski definition) is 2. The van der Waals surface area contributed by atoms with Gasteiger partial charge in [0.2, 0.25) is 0 Å². The number of aromatic hydroxyl groups is 1. The van der Waals surface area contributed by atoms with Gasteiger partial charge in [0, 0.05) is 36.9 Å². The Kier molecular flexibility index (Phi) is 3.34. The Morgan fingerprint density at radius 3 is 2.62 bits per heavy atom. The second-order valence-corrected chi connectivity index (χ2v) is 4.52. The molecule has 3 nitrogen and oxygen atoms in total. The van der Waals surface area contributed by atoms with Gasteiger partial charge in [-0.25, -0.2) is 0 Å². The zero-order valence-electron chi connectivity index (χ0n) is 9.69. The highest BCUT2D eigenvalue weighted by Crippen LogP contribution is 2.31. The van der Waals surface area contributed by atoms with Crippen LogP contribution >= 0.6 is 0 Å². The molecular formula is C13H19NO2. The number of aliphatic hydroxyl groups excluding tert-OH is 1. The van der Waals surface area contributed by atoms with E-state index in [1.807, 2.05) is 19.1 Å². The average Bonchev–Trinajstić information content (AvgIpc) is 2.82. The predicted octanol–water partition coefficient (Wildman–Crippen LogP) is 2.09. The van der Waals surface area contributed by atoms with E-state index < -0.39 is 0 Å². The third-order valence-corrected chi connectivity index (χ3v) is 3.29. The lowest BCUT2D eigenvalue weighted by Gasteiger charge is -2.20. The summed E-state index contributed by atoms with van der Waals surface area (Å²) in [6.07, 6.45) is 2.48. The van der Waals surface area contributed by atoms with Crippen molar-refractivity contribution in [2.24, 2.45) is 0 Å². The maximum absolute atomic E-state index is 9.75. The Hall–Kier alpha value is -1.22. The highest BCUT2D eigenvalue weighted by molar-refractivity contribution is 5.54. The van der Waals surface area contributed by atoms with Gasteiger partial charge in [-0.1, -0.05) is 6.92 Å². The van der Waals surface area contributed by atoms with Crippen molar-refractivity contribution in [3.63, 3.8) is 0 Å². The van der Waals surface area contributed by atoms with Crippen LogP contribution in [0.2, 0.25) is 0 Å². The number of hydrogen-bond acceptors (Lipinski definition) is 3. The molecule has 3 heteroatoms. The minimum atomic E-state index is -0.0115. The summed E-state index contributed by atoms with van der Waals surface area (Å²) in [6, 6.07) is 5.69. The molecule has 1 fully saturated rings. The summed E-state index contributed by atoms with van der Waals surface area (Å²) in [7, 11) is 0. The van der Waals surface area contributed by atoms with Gasteiger partial charge in [0.15, 0.2) is 0 Å². The molecule has 1 saturated heterocycles. The standard InChI is InChI=1S/C13H19NO2/c1-10(9-15)12-8-11(4-5-13(12)16)14-6-2-3-7-14/h4-5,8,10,15-16H,2-3,6-7,9H2,1H3. The van der Waals surface area contributed by atoms with E-state index >= 15 is 0 Å². The summed E-state index contributed by atoms with van der Waals surface area (Å²) in [4.78, 5) is 2.33. The smallest absolute Gasteiger partial charge is 0.119 e. The van der Waals surface area contributed by atoms with E-state index in [0.717, 1.165) is 24.3 Å². The molecule has 0 saturated carbocycles. The van der Waals surface area contributed by atoms with Gasteiger partial charge in [-0.3, -0.25) is 0 Å². The van der Waals surface area contributed by atoms with Crippen molar-refractivity contribution in [1.82, 2.24) is 0 Å². The summed E-state index contributed by atoms with van der Waals surface area (Å²) in [5, 5.41) is 18.9. The van der Waals surface area contributed by atoms with E-state index in [4.69, 9.17) is 5.11 Å². The van der Waals surface area contributed by atoms with E-state index in [-0.39, 0.29) is 18.3 Å². The van der Waals surface area contributed by atoms with Crippen LogP contribution in [0.4, 0.5) is 5.69 Å². The third kappa shape index (κ3) is 2.14. The number of phenolic OH excluding ortho intramolecular Hbond substituents is 1. The molecule has 16 heavy (non-hydrogen) atoms. The molecule has 1 aliphatic rings. The van der Waals surface area contributed by atoms with Crippen molar-refractivity contribution in [2.75, 3.05) is 24.6 Å². The van der Waals surface area contributed by atoms with Gasteiger partial charge in [0.05, 0.1) is 0 Å². The lowest BCUT2D eigenvalue weighted by Crippen LogP contribution is -2.17. The fourth-order valence-electron chi connectivity index (χ4n) is 2.21. The van der Waals surface area contributed by atoms with Crippen molar-refractivity contribution in [3.05, 3.63) is 23.8 Å². The highest BCUT2D eigenvalue weighted by atomic mass is 16.3. The Bertz CT molecular complexity index is 359. The normalized spacial score (nSPS) is 17.8. The van der Waals surface area contributed by atoms with Crippen LogP contribution in [0.25, 0.3) is 0 Å². The van der Waals surface area contributed by atoms with E-state index in [1.165, 1.54) is 12.8 Å². The Balaban J connectivity index is 2.27. The molecule has 1 atom stereocenters. The molecule has 0 aromatic heterocycles.